The van der Waals surface area contributed by atoms with Crippen LogP contribution in [0.4, 0.5) is 0 Å². The van der Waals surface area contributed by atoms with Crippen molar-refractivity contribution in [3.63, 3.8) is 0 Å². The van der Waals surface area contributed by atoms with Gasteiger partial charge in [0.15, 0.2) is 0 Å². The van der Waals surface area contributed by atoms with Crippen molar-refractivity contribution in [2.24, 2.45) is 0 Å². The van der Waals surface area contributed by atoms with Crippen LogP contribution in [0, 0.1) is 11.3 Å². The molecule has 0 N–H and O–H groups in total. The van der Waals surface area contributed by atoms with Crippen LogP contribution in [0.15, 0.2) is 67.1 Å². The standard InChI is InChI=1S/C20H16N6O/c1-27-18-9-7-15(8-10-18)20-16(12-25-14-22-23-19(25)11-21)13-26(24-20)17-5-3-2-4-6-17/h2-10,13-14H,12H2,1H3. The lowest BCUT2D eigenvalue weighted by molar-refractivity contribution is 0.415. The molecule has 0 fully saturated rings. The molecule has 2 heterocycles. The predicted molar refractivity (Wildman–Crippen MR) is 99.4 cm³/mol. The Morgan fingerprint density at radius 1 is 1.07 bits per heavy atom. The van der Waals surface area contributed by atoms with Crippen LogP contribution >= 0.6 is 0 Å². The fourth-order valence-electron chi connectivity index (χ4n) is 2.87. The van der Waals surface area contributed by atoms with Crippen LogP contribution in [-0.2, 0) is 6.54 Å². The molecule has 0 bridgehead atoms. The van der Waals surface area contributed by atoms with Gasteiger partial charge in [-0.1, -0.05) is 18.2 Å². The molecular weight excluding hydrogens is 340 g/mol. The second-order valence-corrected chi connectivity index (χ2v) is 5.91. The Morgan fingerprint density at radius 3 is 2.56 bits per heavy atom. The Labute approximate surface area is 156 Å². The number of hydrogen-bond donors (Lipinski definition) is 0. The first-order valence-corrected chi connectivity index (χ1v) is 8.35. The fourth-order valence-corrected chi connectivity index (χ4v) is 2.87. The van der Waals surface area contributed by atoms with Gasteiger partial charge in [-0.15, -0.1) is 10.2 Å². The Bertz CT molecular complexity index is 1090. The summed E-state index contributed by atoms with van der Waals surface area (Å²) in [5.74, 6) is 1.05. The third-order valence-corrected chi connectivity index (χ3v) is 4.23. The Morgan fingerprint density at radius 2 is 1.85 bits per heavy atom. The average molecular weight is 356 g/mol. The van der Waals surface area contributed by atoms with Crippen molar-refractivity contribution in [1.82, 2.24) is 24.5 Å². The first-order valence-electron chi connectivity index (χ1n) is 8.35. The van der Waals surface area contributed by atoms with Crippen LogP contribution in [0.5, 0.6) is 5.75 Å². The first-order chi connectivity index (χ1) is 13.3. The highest BCUT2D eigenvalue weighted by atomic mass is 16.5. The molecule has 7 heteroatoms. The van der Waals surface area contributed by atoms with E-state index in [0.717, 1.165) is 28.3 Å². The van der Waals surface area contributed by atoms with E-state index in [1.54, 1.807) is 18.0 Å². The molecule has 0 unspecified atom stereocenters. The lowest BCUT2D eigenvalue weighted by atomic mass is 10.1. The molecule has 0 aliphatic carbocycles. The van der Waals surface area contributed by atoms with Gasteiger partial charge in [0.1, 0.15) is 18.1 Å². The van der Waals surface area contributed by atoms with Gasteiger partial charge < -0.3 is 9.30 Å². The minimum Gasteiger partial charge on any atom is -0.497 e. The van der Waals surface area contributed by atoms with E-state index in [-0.39, 0.29) is 5.82 Å². The minimum atomic E-state index is 0.267. The zero-order chi connectivity index (χ0) is 18.6. The molecule has 4 rings (SSSR count). The summed E-state index contributed by atoms with van der Waals surface area (Å²) in [5.41, 5.74) is 3.72. The molecule has 0 spiro atoms. The summed E-state index contributed by atoms with van der Waals surface area (Å²) in [6.07, 6.45) is 3.52. The number of benzene rings is 2. The first kappa shape index (κ1) is 16.5. The van der Waals surface area contributed by atoms with Gasteiger partial charge >= 0.3 is 0 Å². The van der Waals surface area contributed by atoms with Crippen molar-refractivity contribution in [2.75, 3.05) is 7.11 Å². The minimum absolute atomic E-state index is 0.267. The number of rotatable bonds is 5. The molecule has 0 radical (unpaired) electrons. The summed E-state index contributed by atoms with van der Waals surface area (Å²) in [7, 11) is 1.64. The maximum atomic E-state index is 9.20. The molecular formula is C20H16N6O. The third-order valence-electron chi connectivity index (χ3n) is 4.23. The van der Waals surface area contributed by atoms with Gasteiger partial charge in [0.2, 0.25) is 5.82 Å². The SMILES string of the molecule is COc1ccc(-c2nn(-c3ccccc3)cc2Cn2cnnc2C#N)cc1. The molecule has 0 atom stereocenters. The average Bonchev–Trinajstić information content (AvgIpc) is 3.36. The van der Waals surface area contributed by atoms with E-state index in [4.69, 9.17) is 9.84 Å². The number of nitrogens with zero attached hydrogens (tertiary/aromatic N) is 6. The highest BCUT2D eigenvalue weighted by molar-refractivity contribution is 5.64. The summed E-state index contributed by atoms with van der Waals surface area (Å²) >= 11 is 0. The molecule has 0 aliphatic heterocycles. The van der Waals surface area contributed by atoms with Crippen molar-refractivity contribution < 1.29 is 4.74 Å². The summed E-state index contributed by atoms with van der Waals surface area (Å²) in [6.45, 7) is 0.449. The van der Waals surface area contributed by atoms with Gasteiger partial charge in [0.25, 0.3) is 0 Å². The van der Waals surface area contributed by atoms with Crippen LogP contribution < -0.4 is 4.74 Å². The molecule has 2 aromatic heterocycles. The van der Waals surface area contributed by atoms with Crippen molar-refractivity contribution in [1.29, 1.82) is 5.26 Å². The summed E-state index contributed by atoms with van der Waals surface area (Å²) in [6, 6.07) is 19.7. The van der Waals surface area contributed by atoms with Gasteiger partial charge in [-0.2, -0.15) is 10.4 Å². The monoisotopic (exact) mass is 356 g/mol. The second kappa shape index (κ2) is 7.14. The van der Waals surface area contributed by atoms with E-state index < -0.39 is 0 Å². The van der Waals surface area contributed by atoms with Crippen molar-refractivity contribution in [2.45, 2.75) is 6.54 Å². The summed E-state index contributed by atoms with van der Waals surface area (Å²) in [5, 5.41) is 21.6. The molecule has 132 valence electrons. The zero-order valence-electron chi connectivity index (χ0n) is 14.6. The fraction of sp³-hybridized carbons (Fsp3) is 0.100. The normalized spacial score (nSPS) is 10.5. The van der Waals surface area contributed by atoms with Crippen molar-refractivity contribution in [3.8, 4) is 28.8 Å². The Balaban J connectivity index is 1.79. The van der Waals surface area contributed by atoms with Crippen LogP contribution in [-0.4, -0.2) is 31.7 Å². The van der Waals surface area contributed by atoms with Gasteiger partial charge in [0, 0.05) is 17.3 Å². The molecule has 0 saturated heterocycles. The predicted octanol–water partition coefficient (Wildman–Crippen LogP) is 3.06. The van der Waals surface area contributed by atoms with E-state index in [1.807, 2.05) is 65.5 Å². The van der Waals surface area contributed by atoms with Crippen LogP contribution in [0.2, 0.25) is 0 Å². The van der Waals surface area contributed by atoms with Crippen molar-refractivity contribution in [3.05, 3.63) is 78.5 Å². The quantitative estimate of drug-likeness (QED) is 0.549. The lowest BCUT2D eigenvalue weighted by Crippen LogP contribution is -2.02. The highest BCUT2D eigenvalue weighted by Gasteiger charge is 2.15. The third kappa shape index (κ3) is 3.28. The molecule has 0 amide bonds. The molecule has 7 nitrogen and oxygen atoms in total. The second-order valence-electron chi connectivity index (χ2n) is 5.91. The molecule has 2 aromatic carbocycles. The topological polar surface area (TPSA) is 81.6 Å². The lowest BCUT2D eigenvalue weighted by Gasteiger charge is -2.05. The van der Waals surface area contributed by atoms with Gasteiger partial charge in [0.05, 0.1) is 25.0 Å². The Kier molecular flexibility index (Phi) is 4.37. The van der Waals surface area contributed by atoms with Gasteiger partial charge in [-0.3, -0.25) is 0 Å². The molecule has 0 aliphatic rings. The van der Waals surface area contributed by atoms with Crippen LogP contribution in [0.1, 0.15) is 11.4 Å². The van der Waals surface area contributed by atoms with Gasteiger partial charge in [-0.05, 0) is 36.4 Å². The van der Waals surface area contributed by atoms with E-state index >= 15 is 0 Å². The maximum absolute atomic E-state index is 9.20. The number of methoxy groups -OCH3 is 1. The number of hydrogen-bond acceptors (Lipinski definition) is 5. The largest absolute Gasteiger partial charge is 0.497 e. The van der Waals surface area contributed by atoms with E-state index in [2.05, 4.69) is 16.3 Å². The van der Waals surface area contributed by atoms with E-state index in [9.17, 15) is 5.26 Å². The summed E-state index contributed by atoms with van der Waals surface area (Å²) < 4.78 is 8.79. The number of para-hydroxylation sites is 1. The van der Waals surface area contributed by atoms with Gasteiger partial charge in [-0.25, -0.2) is 4.68 Å². The summed E-state index contributed by atoms with van der Waals surface area (Å²) in [4.78, 5) is 0. The highest BCUT2D eigenvalue weighted by Crippen LogP contribution is 2.26. The van der Waals surface area contributed by atoms with Crippen LogP contribution in [0.3, 0.4) is 0 Å². The van der Waals surface area contributed by atoms with E-state index in [1.165, 1.54) is 0 Å². The Hall–Kier alpha value is -3.92. The zero-order valence-corrected chi connectivity index (χ0v) is 14.6. The van der Waals surface area contributed by atoms with Crippen molar-refractivity contribution >= 4 is 0 Å². The smallest absolute Gasteiger partial charge is 0.235 e. The number of nitriles is 1. The van der Waals surface area contributed by atoms with E-state index in [0.29, 0.717) is 6.54 Å². The number of ether oxygens (including phenoxy) is 1. The molecule has 0 saturated carbocycles. The maximum Gasteiger partial charge on any atom is 0.235 e. The van der Waals surface area contributed by atoms with Crippen LogP contribution in [0.25, 0.3) is 16.9 Å². The number of aromatic nitrogens is 5. The molecule has 4 aromatic rings. The molecule has 27 heavy (non-hydrogen) atoms.